The van der Waals surface area contributed by atoms with Gasteiger partial charge < -0.3 is 0 Å². The highest BCUT2D eigenvalue weighted by Crippen LogP contribution is 2.39. The van der Waals surface area contributed by atoms with E-state index in [1.807, 2.05) is 0 Å². The summed E-state index contributed by atoms with van der Waals surface area (Å²) in [5, 5.41) is 0. The zero-order valence-electron chi connectivity index (χ0n) is 11.6. The van der Waals surface area contributed by atoms with E-state index in [2.05, 4.69) is 26.5 Å². The summed E-state index contributed by atoms with van der Waals surface area (Å²) in [6.45, 7) is 8.46. The van der Waals surface area contributed by atoms with Gasteiger partial charge in [-0.25, -0.2) is 0 Å². The first-order chi connectivity index (χ1) is 8.22. The second-order valence-electron chi connectivity index (χ2n) is 5.56. The highest BCUT2D eigenvalue weighted by molar-refractivity contribution is 5.79. The summed E-state index contributed by atoms with van der Waals surface area (Å²) in [6.07, 6.45) is 11.1. The Labute approximate surface area is 107 Å². The topological polar surface area (TPSA) is 17.1 Å². The average Bonchev–Trinajstić information content (AvgIpc) is 2.33. The van der Waals surface area contributed by atoms with Crippen molar-refractivity contribution in [3.63, 3.8) is 0 Å². The van der Waals surface area contributed by atoms with Crippen LogP contribution in [0.2, 0.25) is 0 Å². The number of allylic oxidation sites excluding steroid dienone is 1. The second kappa shape index (κ2) is 7.68. The molecule has 0 amide bonds. The molecule has 1 aliphatic carbocycles. The first-order valence-electron chi connectivity index (χ1n) is 7.37. The lowest BCUT2D eigenvalue weighted by Gasteiger charge is -2.36. The first-order valence-corrected chi connectivity index (χ1v) is 7.37. The summed E-state index contributed by atoms with van der Waals surface area (Å²) < 4.78 is 0. The number of carbonyl (C=O) groups is 1. The Kier molecular flexibility index (Phi) is 6.54. The maximum absolute atomic E-state index is 11.8. The summed E-state index contributed by atoms with van der Waals surface area (Å²) in [5.74, 6) is 2.24. The van der Waals surface area contributed by atoms with Gasteiger partial charge in [-0.2, -0.15) is 0 Å². The Balaban J connectivity index is 2.61. The van der Waals surface area contributed by atoms with Crippen molar-refractivity contribution in [3.8, 4) is 0 Å². The number of ketones is 1. The highest BCUT2D eigenvalue weighted by Gasteiger charge is 2.34. The molecule has 1 fully saturated rings. The standard InChI is InChI=1S/C16H28O/c1-4-7-9-13-11-15(17)12-14(10-8-5-2)16(13)6-3/h6,13-14,16H,3-5,7-12H2,1-2H3/t13-,14-/m0/s1. The van der Waals surface area contributed by atoms with E-state index in [9.17, 15) is 4.79 Å². The molecule has 0 N–H and O–H groups in total. The molecule has 17 heavy (non-hydrogen) atoms. The molecule has 0 spiro atoms. The van der Waals surface area contributed by atoms with Gasteiger partial charge in [0.05, 0.1) is 0 Å². The fourth-order valence-electron chi connectivity index (χ4n) is 3.23. The van der Waals surface area contributed by atoms with E-state index in [-0.39, 0.29) is 0 Å². The summed E-state index contributed by atoms with van der Waals surface area (Å²) in [7, 11) is 0. The molecule has 0 aliphatic heterocycles. The molecule has 98 valence electrons. The van der Waals surface area contributed by atoms with Gasteiger partial charge in [0.15, 0.2) is 0 Å². The Morgan fingerprint density at radius 1 is 1.12 bits per heavy atom. The number of hydrogen-bond acceptors (Lipinski definition) is 1. The summed E-state index contributed by atoms with van der Waals surface area (Å²) in [5.41, 5.74) is 0. The van der Waals surface area contributed by atoms with Gasteiger partial charge in [0, 0.05) is 12.8 Å². The fourth-order valence-corrected chi connectivity index (χ4v) is 3.23. The highest BCUT2D eigenvalue weighted by atomic mass is 16.1. The van der Waals surface area contributed by atoms with E-state index in [4.69, 9.17) is 0 Å². The lowest BCUT2D eigenvalue weighted by molar-refractivity contribution is -0.124. The molecule has 1 rings (SSSR count). The van der Waals surface area contributed by atoms with E-state index >= 15 is 0 Å². The third kappa shape index (κ3) is 4.29. The molecule has 0 aromatic heterocycles. The Bertz CT molecular complexity index is 224. The second-order valence-corrected chi connectivity index (χ2v) is 5.56. The van der Waals surface area contributed by atoms with E-state index in [1.54, 1.807) is 0 Å². The molecule has 0 aromatic carbocycles. The van der Waals surface area contributed by atoms with Crippen LogP contribution in [0.15, 0.2) is 12.7 Å². The minimum absolute atomic E-state index is 0.491. The Morgan fingerprint density at radius 3 is 1.94 bits per heavy atom. The van der Waals surface area contributed by atoms with Crippen molar-refractivity contribution in [1.29, 1.82) is 0 Å². The Hall–Kier alpha value is -0.590. The smallest absolute Gasteiger partial charge is 0.133 e. The minimum atomic E-state index is 0.491. The molecule has 2 atom stereocenters. The maximum Gasteiger partial charge on any atom is 0.133 e. The van der Waals surface area contributed by atoms with Crippen LogP contribution in [0, 0.1) is 17.8 Å². The van der Waals surface area contributed by atoms with Crippen molar-refractivity contribution in [1.82, 2.24) is 0 Å². The predicted molar refractivity (Wildman–Crippen MR) is 74.0 cm³/mol. The van der Waals surface area contributed by atoms with E-state index in [0.717, 1.165) is 12.8 Å². The average molecular weight is 236 g/mol. The predicted octanol–water partition coefficient (Wildman–Crippen LogP) is 4.76. The van der Waals surface area contributed by atoms with Crippen LogP contribution in [-0.4, -0.2) is 5.78 Å². The molecule has 0 heterocycles. The van der Waals surface area contributed by atoms with E-state index < -0.39 is 0 Å². The molecule has 1 aliphatic rings. The van der Waals surface area contributed by atoms with Gasteiger partial charge in [0.1, 0.15) is 5.78 Å². The number of carbonyl (C=O) groups excluding carboxylic acids is 1. The van der Waals surface area contributed by atoms with Crippen LogP contribution in [-0.2, 0) is 4.79 Å². The van der Waals surface area contributed by atoms with E-state index in [0.29, 0.717) is 23.5 Å². The van der Waals surface area contributed by atoms with Gasteiger partial charge in [-0.1, -0.05) is 45.6 Å². The molecule has 0 bridgehead atoms. The van der Waals surface area contributed by atoms with Crippen molar-refractivity contribution < 1.29 is 4.79 Å². The molecular formula is C16H28O. The van der Waals surface area contributed by atoms with Crippen molar-refractivity contribution in [2.45, 2.75) is 65.2 Å². The monoisotopic (exact) mass is 236 g/mol. The van der Waals surface area contributed by atoms with Crippen molar-refractivity contribution in [2.24, 2.45) is 17.8 Å². The van der Waals surface area contributed by atoms with Gasteiger partial charge in [0.2, 0.25) is 0 Å². The maximum atomic E-state index is 11.8. The van der Waals surface area contributed by atoms with Crippen LogP contribution < -0.4 is 0 Å². The molecule has 0 saturated heterocycles. The van der Waals surface area contributed by atoms with Crippen molar-refractivity contribution >= 4 is 5.78 Å². The van der Waals surface area contributed by atoms with Crippen LogP contribution in [0.25, 0.3) is 0 Å². The van der Waals surface area contributed by atoms with Crippen molar-refractivity contribution in [3.05, 3.63) is 12.7 Å². The van der Waals surface area contributed by atoms with Crippen LogP contribution in [0.1, 0.15) is 65.2 Å². The zero-order chi connectivity index (χ0) is 12.7. The van der Waals surface area contributed by atoms with Gasteiger partial charge in [-0.15, -0.1) is 6.58 Å². The molecule has 1 saturated carbocycles. The van der Waals surface area contributed by atoms with Gasteiger partial charge in [-0.3, -0.25) is 4.79 Å². The third-order valence-electron chi connectivity index (χ3n) is 4.20. The summed E-state index contributed by atoms with van der Waals surface area (Å²) in [6, 6.07) is 0. The minimum Gasteiger partial charge on any atom is -0.300 e. The van der Waals surface area contributed by atoms with Crippen LogP contribution in [0.4, 0.5) is 0 Å². The molecular weight excluding hydrogens is 208 g/mol. The van der Waals surface area contributed by atoms with Gasteiger partial charge in [0.25, 0.3) is 0 Å². The first kappa shape index (κ1) is 14.5. The normalized spacial score (nSPS) is 26.1. The summed E-state index contributed by atoms with van der Waals surface area (Å²) in [4.78, 5) is 11.8. The van der Waals surface area contributed by atoms with Crippen LogP contribution >= 0.6 is 0 Å². The number of hydrogen-bond donors (Lipinski definition) is 0. The van der Waals surface area contributed by atoms with Gasteiger partial charge in [-0.05, 0) is 30.6 Å². The summed E-state index contributed by atoms with van der Waals surface area (Å²) >= 11 is 0. The van der Waals surface area contributed by atoms with Crippen molar-refractivity contribution in [2.75, 3.05) is 0 Å². The number of unbranched alkanes of at least 4 members (excludes halogenated alkanes) is 2. The molecule has 1 nitrogen and oxygen atoms in total. The number of Topliss-reactive ketones (excluding diaryl/α,β-unsaturated/α-hetero) is 1. The van der Waals surface area contributed by atoms with Crippen LogP contribution in [0.5, 0.6) is 0 Å². The molecule has 1 heteroatoms. The lowest BCUT2D eigenvalue weighted by atomic mass is 9.68. The SMILES string of the molecule is C=CC1[C@@H](CCCC)CC(=O)C[C@@H]1CCCC. The quantitative estimate of drug-likeness (QED) is 0.582. The lowest BCUT2D eigenvalue weighted by Crippen LogP contribution is -2.32. The zero-order valence-corrected chi connectivity index (χ0v) is 11.6. The van der Waals surface area contributed by atoms with Crippen LogP contribution in [0.3, 0.4) is 0 Å². The van der Waals surface area contributed by atoms with E-state index in [1.165, 1.54) is 38.5 Å². The third-order valence-corrected chi connectivity index (χ3v) is 4.20. The molecule has 0 radical (unpaired) electrons. The number of rotatable bonds is 7. The largest absolute Gasteiger partial charge is 0.300 e. The fraction of sp³-hybridized carbons (Fsp3) is 0.812. The Morgan fingerprint density at radius 2 is 1.59 bits per heavy atom. The molecule has 0 aromatic rings. The molecule has 0 unspecified atom stereocenters. The van der Waals surface area contributed by atoms with Gasteiger partial charge >= 0.3 is 0 Å².